The van der Waals surface area contributed by atoms with Gasteiger partial charge in [0, 0.05) is 32.4 Å². The molecule has 88 valence electrons. The molecule has 1 fully saturated rings. The van der Waals surface area contributed by atoms with Crippen molar-refractivity contribution in [2.75, 3.05) is 19.6 Å². The standard InChI is InChI=1S/C10H15BrN4O/c1-2-15-6-8(11)10(13-15)9-5-12-3-4-14(9)7-16/h6-7,9,12H,2-5H2,1H3. The Morgan fingerprint density at radius 3 is 3.19 bits per heavy atom. The van der Waals surface area contributed by atoms with E-state index in [0.717, 1.165) is 42.8 Å². The van der Waals surface area contributed by atoms with E-state index in [1.54, 1.807) is 4.90 Å². The maximum atomic E-state index is 11.0. The fourth-order valence-corrected chi connectivity index (χ4v) is 2.48. The van der Waals surface area contributed by atoms with E-state index in [2.05, 4.69) is 26.3 Å². The molecule has 1 aliphatic rings. The number of hydrogen-bond acceptors (Lipinski definition) is 3. The van der Waals surface area contributed by atoms with Gasteiger partial charge in [0.05, 0.1) is 10.5 Å². The highest BCUT2D eigenvalue weighted by Crippen LogP contribution is 2.26. The van der Waals surface area contributed by atoms with Gasteiger partial charge in [-0.15, -0.1) is 0 Å². The Labute approximate surface area is 103 Å². The summed E-state index contributed by atoms with van der Waals surface area (Å²) in [5, 5.41) is 7.76. The predicted molar refractivity (Wildman–Crippen MR) is 64.0 cm³/mol. The number of nitrogens with one attached hydrogen (secondary N) is 1. The molecule has 5 nitrogen and oxygen atoms in total. The summed E-state index contributed by atoms with van der Waals surface area (Å²) in [6, 6.07) is 0.0356. The molecule has 0 bridgehead atoms. The number of aromatic nitrogens is 2. The first-order valence-electron chi connectivity index (χ1n) is 5.41. The summed E-state index contributed by atoms with van der Waals surface area (Å²) in [4.78, 5) is 12.8. The molecule has 1 atom stereocenters. The van der Waals surface area contributed by atoms with Gasteiger partial charge in [-0.25, -0.2) is 0 Å². The number of hydrogen-bond donors (Lipinski definition) is 1. The van der Waals surface area contributed by atoms with Crippen LogP contribution in [0.4, 0.5) is 0 Å². The van der Waals surface area contributed by atoms with Crippen LogP contribution in [-0.2, 0) is 11.3 Å². The number of amides is 1. The largest absolute Gasteiger partial charge is 0.334 e. The van der Waals surface area contributed by atoms with Gasteiger partial charge in [0.2, 0.25) is 6.41 Å². The summed E-state index contributed by atoms with van der Waals surface area (Å²) < 4.78 is 2.84. The van der Waals surface area contributed by atoms with Crippen LogP contribution in [0.1, 0.15) is 18.7 Å². The second-order valence-corrected chi connectivity index (χ2v) is 4.64. The summed E-state index contributed by atoms with van der Waals surface area (Å²) in [7, 11) is 0. The van der Waals surface area contributed by atoms with Gasteiger partial charge >= 0.3 is 0 Å². The third-order valence-corrected chi connectivity index (χ3v) is 3.41. The lowest BCUT2D eigenvalue weighted by atomic mass is 10.1. The average Bonchev–Trinajstić information content (AvgIpc) is 2.70. The van der Waals surface area contributed by atoms with E-state index in [9.17, 15) is 4.79 Å². The topological polar surface area (TPSA) is 50.2 Å². The van der Waals surface area contributed by atoms with Crippen molar-refractivity contribution in [1.29, 1.82) is 0 Å². The van der Waals surface area contributed by atoms with Crippen LogP contribution in [0.5, 0.6) is 0 Å². The molecule has 2 rings (SSSR count). The molecule has 1 N–H and O–H groups in total. The second-order valence-electron chi connectivity index (χ2n) is 3.78. The van der Waals surface area contributed by atoms with Gasteiger partial charge in [-0.2, -0.15) is 5.10 Å². The molecular weight excluding hydrogens is 272 g/mol. The molecule has 0 saturated carbocycles. The fourth-order valence-electron chi connectivity index (χ4n) is 1.90. The van der Waals surface area contributed by atoms with Gasteiger partial charge in [0.15, 0.2) is 0 Å². The minimum atomic E-state index is 0.0356. The van der Waals surface area contributed by atoms with E-state index < -0.39 is 0 Å². The quantitative estimate of drug-likeness (QED) is 0.835. The minimum absolute atomic E-state index is 0.0356. The normalized spacial score (nSPS) is 21.1. The van der Waals surface area contributed by atoms with E-state index in [-0.39, 0.29) is 6.04 Å². The Morgan fingerprint density at radius 2 is 2.56 bits per heavy atom. The lowest BCUT2D eigenvalue weighted by Crippen LogP contribution is -2.45. The number of rotatable bonds is 3. The first kappa shape index (κ1) is 11.6. The van der Waals surface area contributed by atoms with Crippen LogP contribution in [0.25, 0.3) is 0 Å². The lowest BCUT2D eigenvalue weighted by molar-refractivity contribution is -0.121. The fraction of sp³-hybridized carbons (Fsp3) is 0.600. The molecule has 1 saturated heterocycles. The molecule has 1 unspecified atom stereocenters. The van der Waals surface area contributed by atoms with Crippen molar-refractivity contribution in [2.45, 2.75) is 19.5 Å². The number of piperazine rings is 1. The maximum Gasteiger partial charge on any atom is 0.210 e. The first-order valence-corrected chi connectivity index (χ1v) is 6.20. The highest BCUT2D eigenvalue weighted by atomic mass is 79.9. The van der Waals surface area contributed by atoms with E-state index in [1.807, 2.05) is 17.8 Å². The molecule has 0 aromatic carbocycles. The number of aryl methyl sites for hydroxylation is 1. The molecule has 1 aromatic heterocycles. The summed E-state index contributed by atoms with van der Waals surface area (Å²) >= 11 is 3.50. The monoisotopic (exact) mass is 286 g/mol. The predicted octanol–water partition coefficient (Wildman–Crippen LogP) is 0.768. The average molecular weight is 287 g/mol. The van der Waals surface area contributed by atoms with E-state index in [0.29, 0.717) is 0 Å². The van der Waals surface area contributed by atoms with Gasteiger partial charge in [-0.1, -0.05) is 0 Å². The van der Waals surface area contributed by atoms with Crippen LogP contribution >= 0.6 is 15.9 Å². The Hall–Kier alpha value is -0.880. The highest BCUT2D eigenvalue weighted by Gasteiger charge is 2.26. The van der Waals surface area contributed by atoms with Gasteiger partial charge in [-0.3, -0.25) is 9.48 Å². The van der Waals surface area contributed by atoms with Gasteiger partial charge in [0.25, 0.3) is 0 Å². The van der Waals surface area contributed by atoms with Crippen LogP contribution in [0.2, 0.25) is 0 Å². The van der Waals surface area contributed by atoms with Crippen LogP contribution in [0, 0.1) is 0 Å². The summed E-state index contributed by atoms with van der Waals surface area (Å²) in [5.74, 6) is 0. The van der Waals surface area contributed by atoms with Crippen LogP contribution in [0.15, 0.2) is 10.7 Å². The molecule has 1 aliphatic heterocycles. The molecule has 2 heterocycles. The smallest absolute Gasteiger partial charge is 0.210 e. The maximum absolute atomic E-state index is 11.0. The first-order chi connectivity index (χ1) is 7.76. The Kier molecular flexibility index (Phi) is 3.60. The van der Waals surface area contributed by atoms with Gasteiger partial charge in [-0.05, 0) is 22.9 Å². The van der Waals surface area contributed by atoms with Crippen LogP contribution < -0.4 is 5.32 Å². The molecule has 0 spiro atoms. The third kappa shape index (κ3) is 2.12. The van der Waals surface area contributed by atoms with Crippen LogP contribution in [0.3, 0.4) is 0 Å². The van der Waals surface area contributed by atoms with Gasteiger partial charge in [0.1, 0.15) is 5.69 Å². The SMILES string of the molecule is CCn1cc(Br)c(C2CNCCN2C=O)n1. The van der Waals surface area contributed by atoms with Crippen molar-refractivity contribution in [3.8, 4) is 0 Å². The Morgan fingerprint density at radius 1 is 1.75 bits per heavy atom. The van der Waals surface area contributed by atoms with Crippen molar-refractivity contribution in [2.24, 2.45) is 0 Å². The van der Waals surface area contributed by atoms with E-state index >= 15 is 0 Å². The van der Waals surface area contributed by atoms with Crippen molar-refractivity contribution < 1.29 is 4.79 Å². The van der Waals surface area contributed by atoms with Gasteiger partial charge < -0.3 is 10.2 Å². The number of nitrogens with zero attached hydrogens (tertiary/aromatic N) is 3. The molecule has 1 aromatic rings. The molecule has 0 radical (unpaired) electrons. The van der Waals surface area contributed by atoms with Crippen molar-refractivity contribution in [3.63, 3.8) is 0 Å². The molecule has 1 amide bonds. The number of halogens is 1. The lowest BCUT2D eigenvalue weighted by Gasteiger charge is -2.32. The molecule has 16 heavy (non-hydrogen) atoms. The Bertz CT molecular complexity index is 379. The van der Waals surface area contributed by atoms with E-state index in [4.69, 9.17) is 0 Å². The molecular formula is C10H15BrN4O. The summed E-state index contributed by atoms with van der Waals surface area (Å²) in [6.45, 7) is 5.22. The highest BCUT2D eigenvalue weighted by molar-refractivity contribution is 9.10. The van der Waals surface area contributed by atoms with Crippen molar-refractivity contribution >= 4 is 22.3 Å². The third-order valence-electron chi connectivity index (χ3n) is 2.80. The van der Waals surface area contributed by atoms with E-state index in [1.165, 1.54) is 0 Å². The molecule has 6 heteroatoms. The minimum Gasteiger partial charge on any atom is -0.334 e. The van der Waals surface area contributed by atoms with Crippen molar-refractivity contribution in [3.05, 3.63) is 16.4 Å². The molecule has 0 aliphatic carbocycles. The summed E-state index contributed by atoms with van der Waals surface area (Å²) in [6.07, 6.45) is 2.86. The number of carbonyl (C=O) groups excluding carboxylic acids is 1. The zero-order valence-electron chi connectivity index (χ0n) is 9.19. The van der Waals surface area contributed by atoms with Crippen LogP contribution in [-0.4, -0.2) is 40.7 Å². The number of carbonyl (C=O) groups is 1. The second kappa shape index (κ2) is 4.97. The summed E-state index contributed by atoms with van der Waals surface area (Å²) in [5.41, 5.74) is 0.932. The zero-order valence-corrected chi connectivity index (χ0v) is 10.8. The Balaban J connectivity index is 2.26. The van der Waals surface area contributed by atoms with Crippen molar-refractivity contribution in [1.82, 2.24) is 20.0 Å². The zero-order chi connectivity index (χ0) is 11.5.